The second kappa shape index (κ2) is 8.58. The van der Waals surface area contributed by atoms with E-state index in [0.717, 1.165) is 38.2 Å². The summed E-state index contributed by atoms with van der Waals surface area (Å²) in [4.78, 5) is 36.6. The van der Waals surface area contributed by atoms with Gasteiger partial charge < -0.3 is 10.2 Å². The molecule has 33 heavy (non-hydrogen) atoms. The number of nitrogens with one attached hydrogen (secondary N) is 3. The van der Waals surface area contributed by atoms with E-state index in [-0.39, 0.29) is 17.0 Å². The molecule has 1 unspecified atom stereocenters. The number of nitrogens with zero attached hydrogens (tertiary/aromatic N) is 4. The summed E-state index contributed by atoms with van der Waals surface area (Å²) in [6, 6.07) is 10.7. The lowest BCUT2D eigenvalue weighted by Gasteiger charge is -2.34. The Morgan fingerprint density at radius 2 is 2.00 bits per heavy atom. The van der Waals surface area contributed by atoms with Gasteiger partial charge in [0.1, 0.15) is 16.7 Å². The lowest BCUT2D eigenvalue weighted by Crippen LogP contribution is -2.40. The van der Waals surface area contributed by atoms with Crippen molar-refractivity contribution in [3.63, 3.8) is 0 Å². The van der Waals surface area contributed by atoms with E-state index in [1.165, 1.54) is 18.0 Å². The van der Waals surface area contributed by atoms with Gasteiger partial charge in [-0.3, -0.25) is 19.4 Å². The summed E-state index contributed by atoms with van der Waals surface area (Å²) < 4.78 is 4.50. The summed E-state index contributed by atoms with van der Waals surface area (Å²) in [6.45, 7) is 6.08. The maximum atomic E-state index is 13.3. The molecule has 0 spiro atoms. The first kappa shape index (κ1) is 21.6. The normalized spacial score (nSPS) is 20.2. The molecule has 2 aliphatic heterocycles. The molecule has 3 N–H and O–H groups in total. The molecule has 5 heterocycles. The van der Waals surface area contributed by atoms with Gasteiger partial charge in [0.15, 0.2) is 5.82 Å². The van der Waals surface area contributed by atoms with Gasteiger partial charge in [0.05, 0.1) is 5.56 Å². The predicted molar refractivity (Wildman–Crippen MR) is 129 cm³/mol. The predicted octanol–water partition coefficient (Wildman–Crippen LogP) is 3.20. The van der Waals surface area contributed by atoms with Crippen LogP contribution in [0.15, 0.2) is 52.4 Å². The smallest absolute Gasteiger partial charge is 0.265 e. The van der Waals surface area contributed by atoms with Gasteiger partial charge in [-0.1, -0.05) is 6.07 Å². The number of aromatic amines is 1. The third kappa shape index (κ3) is 4.47. The van der Waals surface area contributed by atoms with E-state index in [2.05, 4.69) is 38.9 Å². The lowest BCUT2D eigenvalue weighted by atomic mass is 9.93. The molecular weight excluding hydrogens is 438 g/mol. The summed E-state index contributed by atoms with van der Waals surface area (Å²) in [7, 11) is 0. The van der Waals surface area contributed by atoms with Crippen molar-refractivity contribution in [3.8, 4) is 5.82 Å². The number of carbonyl (C=O) groups is 1. The molecule has 0 radical (unpaired) electrons. The van der Waals surface area contributed by atoms with Gasteiger partial charge in [-0.15, -0.1) is 0 Å². The fraction of sp³-hybridized carbons (Fsp3) is 0.391. The number of carbonyl (C=O) groups excluding carboxylic acids is 1. The first-order valence-electron chi connectivity index (χ1n) is 11.1. The van der Waals surface area contributed by atoms with Crippen LogP contribution < -0.4 is 20.5 Å². The Morgan fingerprint density at radius 3 is 2.82 bits per heavy atom. The van der Waals surface area contributed by atoms with E-state index in [0.29, 0.717) is 28.1 Å². The molecule has 1 fully saturated rings. The largest absolute Gasteiger partial charge is 0.370 e. The number of amides is 1. The average molecular weight is 466 g/mol. The molecule has 1 saturated heterocycles. The van der Waals surface area contributed by atoms with Crippen LogP contribution in [0.3, 0.4) is 0 Å². The molecular formula is C23H27N7O2S. The van der Waals surface area contributed by atoms with Crippen molar-refractivity contribution in [3.05, 3.63) is 58.5 Å². The fourth-order valence-electron chi connectivity index (χ4n) is 4.71. The lowest BCUT2D eigenvalue weighted by molar-refractivity contribution is 0.0984. The highest BCUT2D eigenvalue weighted by Crippen LogP contribution is 2.39. The molecule has 3 aromatic rings. The number of fused-ring (bicyclic) bond motifs is 6. The molecule has 0 saturated carbocycles. The summed E-state index contributed by atoms with van der Waals surface area (Å²) in [6.07, 6.45) is 4.77. The number of rotatable bonds is 1. The van der Waals surface area contributed by atoms with Crippen LogP contribution in [0.4, 0.5) is 11.6 Å². The van der Waals surface area contributed by atoms with Gasteiger partial charge in [0.2, 0.25) is 0 Å². The highest BCUT2D eigenvalue weighted by molar-refractivity contribution is 7.97. The monoisotopic (exact) mass is 465 g/mol. The zero-order valence-corrected chi connectivity index (χ0v) is 19.5. The van der Waals surface area contributed by atoms with Gasteiger partial charge in [0.25, 0.3) is 11.5 Å². The topological polar surface area (TPSA) is 108 Å². The Hall–Kier alpha value is -3.27. The zero-order chi connectivity index (χ0) is 23.0. The van der Waals surface area contributed by atoms with E-state index < -0.39 is 0 Å². The minimum atomic E-state index is -0.232. The summed E-state index contributed by atoms with van der Waals surface area (Å²) in [5.74, 6) is 2.26. The highest BCUT2D eigenvalue weighted by Gasteiger charge is 2.40. The third-order valence-electron chi connectivity index (χ3n) is 6.24. The number of anilines is 2. The van der Waals surface area contributed by atoms with Crippen LogP contribution in [0, 0.1) is 5.92 Å². The second-order valence-corrected chi connectivity index (χ2v) is 9.99. The Kier molecular flexibility index (Phi) is 5.61. The molecule has 1 atom stereocenters. The number of aromatic nitrogens is 4. The quantitative estimate of drug-likeness (QED) is 0.474. The Morgan fingerprint density at radius 1 is 1.12 bits per heavy atom. The first-order valence-corrected chi connectivity index (χ1v) is 12.0. The summed E-state index contributed by atoms with van der Waals surface area (Å²) in [5, 5.41) is 6.83. The van der Waals surface area contributed by atoms with Crippen LogP contribution in [0.5, 0.6) is 0 Å². The van der Waals surface area contributed by atoms with Crippen molar-refractivity contribution in [1.29, 1.82) is 0 Å². The molecule has 5 rings (SSSR count). The van der Waals surface area contributed by atoms with Crippen molar-refractivity contribution < 1.29 is 4.79 Å². The minimum Gasteiger partial charge on any atom is -0.370 e. The van der Waals surface area contributed by atoms with E-state index in [1.807, 2.05) is 18.2 Å². The van der Waals surface area contributed by atoms with Crippen LogP contribution in [0.1, 0.15) is 43.5 Å². The fourth-order valence-corrected chi connectivity index (χ4v) is 5.31. The molecule has 172 valence electrons. The molecule has 3 aromatic heterocycles. The molecule has 10 heteroatoms. The Balaban J connectivity index is 1.56. The molecule has 4 bridgehead atoms. The first-order chi connectivity index (χ1) is 15.9. The van der Waals surface area contributed by atoms with Gasteiger partial charge in [-0.05, 0) is 63.3 Å². The standard InChI is InChI=1S/C23H27N7O2S/c1-23(2)13-15-5-4-11-24-17-6-3-7-20(25-17)33-28-22(32)16-8-9-18(26-21(16)29(23)14-15)30-12-10-19(31)27-30/h3,6-10,12,15H,4-5,11,13-14H2,1-2H3,(H,24,25)(H,27,31)(H,28,32). The number of pyridine rings is 2. The number of hydrogen-bond acceptors (Lipinski definition) is 7. The van der Waals surface area contributed by atoms with Gasteiger partial charge >= 0.3 is 0 Å². The van der Waals surface area contributed by atoms with E-state index in [9.17, 15) is 9.59 Å². The number of H-pyrrole nitrogens is 1. The van der Waals surface area contributed by atoms with E-state index in [4.69, 9.17) is 4.98 Å². The third-order valence-corrected chi connectivity index (χ3v) is 6.96. The van der Waals surface area contributed by atoms with Crippen LogP contribution in [-0.2, 0) is 0 Å². The van der Waals surface area contributed by atoms with Crippen molar-refractivity contribution in [2.75, 3.05) is 23.3 Å². The van der Waals surface area contributed by atoms with Crippen LogP contribution in [0.2, 0.25) is 0 Å². The zero-order valence-electron chi connectivity index (χ0n) is 18.7. The maximum Gasteiger partial charge on any atom is 0.265 e. The maximum absolute atomic E-state index is 13.3. The van der Waals surface area contributed by atoms with Crippen LogP contribution >= 0.6 is 11.9 Å². The summed E-state index contributed by atoms with van der Waals surface area (Å²) in [5.41, 5.74) is 0.143. The van der Waals surface area contributed by atoms with E-state index in [1.54, 1.807) is 23.0 Å². The van der Waals surface area contributed by atoms with Crippen LogP contribution in [0.25, 0.3) is 5.82 Å². The SMILES string of the molecule is CC1(C)CC2CCCNc3cccc(n3)SNC(=O)c3ccc(-n4ccc(=O)[nH]4)nc3N1C2. The van der Waals surface area contributed by atoms with Crippen molar-refractivity contribution in [2.24, 2.45) is 5.92 Å². The molecule has 1 amide bonds. The summed E-state index contributed by atoms with van der Waals surface area (Å²) >= 11 is 1.19. The highest BCUT2D eigenvalue weighted by atomic mass is 32.2. The molecule has 0 aromatic carbocycles. The minimum absolute atomic E-state index is 0.154. The van der Waals surface area contributed by atoms with E-state index >= 15 is 0 Å². The molecule has 2 aliphatic rings. The van der Waals surface area contributed by atoms with Crippen molar-refractivity contribution in [2.45, 2.75) is 43.7 Å². The number of hydrogen-bond donors (Lipinski definition) is 3. The average Bonchev–Trinajstić information content (AvgIpc) is 3.36. The second-order valence-electron chi connectivity index (χ2n) is 9.16. The van der Waals surface area contributed by atoms with Crippen molar-refractivity contribution >= 4 is 29.5 Å². The Labute approximate surface area is 196 Å². The van der Waals surface area contributed by atoms with Crippen LogP contribution in [-0.4, -0.2) is 44.3 Å². The van der Waals surface area contributed by atoms with Gasteiger partial charge in [0, 0.05) is 42.8 Å². The Bertz CT molecular complexity index is 1240. The van der Waals surface area contributed by atoms with Crippen molar-refractivity contribution in [1.82, 2.24) is 24.5 Å². The molecule has 9 nitrogen and oxygen atoms in total. The molecule has 0 aliphatic carbocycles. The van der Waals surface area contributed by atoms with Gasteiger partial charge in [-0.25, -0.2) is 14.6 Å². The van der Waals surface area contributed by atoms with Gasteiger partial charge in [-0.2, -0.15) is 0 Å².